The molecule has 1 fully saturated rings. The molecule has 1 aromatic heterocycles. The molecule has 1 amide bonds. The van der Waals surface area contributed by atoms with Gasteiger partial charge in [0.05, 0.1) is 6.20 Å². The van der Waals surface area contributed by atoms with Crippen molar-refractivity contribution in [2.45, 2.75) is 19.4 Å². The van der Waals surface area contributed by atoms with Gasteiger partial charge in [-0.3, -0.25) is 4.68 Å². The van der Waals surface area contributed by atoms with Crippen molar-refractivity contribution in [1.82, 2.24) is 19.9 Å². The predicted molar refractivity (Wildman–Crippen MR) is 52.3 cm³/mol. The van der Waals surface area contributed by atoms with Crippen LogP contribution in [0.2, 0.25) is 0 Å². The van der Waals surface area contributed by atoms with E-state index in [0.717, 1.165) is 19.4 Å². The molecule has 2 heterocycles. The van der Waals surface area contributed by atoms with Crippen molar-refractivity contribution in [3.63, 3.8) is 0 Å². The van der Waals surface area contributed by atoms with Crippen LogP contribution in [0.1, 0.15) is 12.8 Å². The summed E-state index contributed by atoms with van der Waals surface area (Å²) in [5, 5.41) is 16.4. The monoisotopic (exact) mass is 210 g/mol. The van der Waals surface area contributed by atoms with Crippen molar-refractivity contribution in [3.05, 3.63) is 12.4 Å². The summed E-state index contributed by atoms with van der Waals surface area (Å²) in [7, 11) is 0. The van der Waals surface area contributed by atoms with Crippen LogP contribution in [0.25, 0.3) is 0 Å². The number of likely N-dealkylation sites (tertiary alicyclic amines) is 1. The molecule has 0 aromatic carbocycles. The molecule has 0 saturated carbocycles. The average molecular weight is 210 g/mol. The fourth-order valence-electron chi connectivity index (χ4n) is 1.90. The number of carboxylic acid groups (broad SMARTS) is 1. The normalized spacial score (nSPS) is 18.0. The first-order chi connectivity index (χ1) is 7.25. The molecular formula is C9H14N4O2. The van der Waals surface area contributed by atoms with E-state index in [-0.39, 0.29) is 0 Å². The minimum Gasteiger partial charge on any atom is -0.465 e. The van der Waals surface area contributed by atoms with Gasteiger partial charge in [-0.25, -0.2) is 4.79 Å². The summed E-state index contributed by atoms with van der Waals surface area (Å²) in [6.45, 7) is 2.11. The Morgan fingerprint density at radius 1 is 1.47 bits per heavy atom. The summed E-state index contributed by atoms with van der Waals surface area (Å²) in [5.74, 6) is 0.516. The topological polar surface area (TPSA) is 71.2 Å². The summed E-state index contributed by atoms with van der Waals surface area (Å²) >= 11 is 0. The summed E-state index contributed by atoms with van der Waals surface area (Å²) in [6.07, 6.45) is 4.50. The van der Waals surface area contributed by atoms with Crippen LogP contribution in [-0.4, -0.2) is 44.2 Å². The number of piperidine rings is 1. The molecule has 2 rings (SSSR count). The lowest BCUT2D eigenvalue weighted by molar-refractivity contribution is 0.121. The molecule has 0 atom stereocenters. The van der Waals surface area contributed by atoms with E-state index >= 15 is 0 Å². The van der Waals surface area contributed by atoms with E-state index in [1.54, 1.807) is 10.9 Å². The second-order valence-electron chi connectivity index (χ2n) is 3.84. The summed E-state index contributed by atoms with van der Waals surface area (Å²) in [4.78, 5) is 12.1. The molecule has 15 heavy (non-hydrogen) atoms. The van der Waals surface area contributed by atoms with Crippen LogP contribution in [0.5, 0.6) is 0 Å². The Kier molecular flexibility index (Phi) is 2.84. The van der Waals surface area contributed by atoms with Crippen LogP contribution >= 0.6 is 0 Å². The maximum absolute atomic E-state index is 10.7. The SMILES string of the molecule is O=C(O)N1CCC(Cn2ccnn2)CC1. The zero-order valence-corrected chi connectivity index (χ0v) is 8.41. The Morgan fingerprint density at radius 2 is 2.20 bits per heavy atom. The highest BCUT2D eigenvalue weighted by atomic mass is 16.4. The van der Waals surface area contributed by atoms with E-state index < -0.39 is 6.09 Å². The van der Waals surface area contributed by atoms with Gasteiger partial charge in [-0.15, -0.1) is 5.10 Å². The fraction of sp³-hybridized carbons (Fsp3) is 0.667. The lowest BCUT2D eigenvalue weighted by atomic mass is 9.97. The van der Waals surface area contributed by atoms with Crippen LogP contribution in [0, 0.1) is 5.92 Å². The van der Waals surface area contributed by atoms with Crippen molar-refractivity contribution in [2.24, 2.45) is 5.92 Å². The number of nitrogens with zero attached hydrogens (tertiary/aromatic N) is 4. The maximum atomic E-state index is 10.7. The third-order valence-electron chi connectivity index (χ3n) is 2.80. The van der Waals surface area contributed by atoms with Gasteiger partial charge in [-0.2, -0.15) is 0 Å². The number of hydrogen-bond donors (Lipinski definition) is 1. The third-order valence-corrected chi connectivity index (χ3v) is 2.80. The van der Waals surface area contributed by atoms with Gasteiger partial charge in [-0.05, 0) is 18.8 Å². The molecule has 82 valence electrons. The summed E-state index contributed by atoms with van der Waals surface area (Å²) < 4.78 is 1.81. The average Bonchev–Trinajstić information content (AvgIpc) is 2.71. The lowest BCUT2D eigenvalue weighted by Gasteiger charge is -2.29. The standard InChI is InChI=1S/C9H14N4O2/c14-9(15)12-4-1-8(2-5-12)7-13-6-3-10-11-13/h3,6,8H,1-2,4-5,7H2,(H,14,15). The molecule has 1 N–H and O–H groups in total. The van der Waals surface area contributed by atoms with E-state index in [1.165, 1.54) is 4.90 Å². The largest absolute Gasteiger partial charge is 0.465 e. The van der Waals surface area contributed by atoms with Crippen LogP contribution < -0.4 is 0 Å². The number of hydrogen-bond acceptors (Lipinski definition) is 3. The molecule has 0 aliphatic carbocycles. The number of amides is 1. The first kappa shape index (κ1) is 9.95. The smallest absolute Gasteiger partial charge is 0.407 e. The molecule has 6 nitrogen and oxygen atoms in total. The van der Waals surface area contributed by atoms with Gasteiger partial charge in [0.2, 0.25) is 0 Å². The van der Waals surface area contributed by atoms with E-state index in [1.807, 2.05) is 6.20 Å². The van der Waals surface area contributed by atoms with Crippen LogP contribution in [0.3, 0.4) is 0 Å². The molecule has 0 radical (unpaired) electrons. The van der Waals surface area contributed by atoms with Crippen molar-refractivity contribution in [3.8, 4) is 0 Å². The van der Waals surface area contributed by atoms with Crippen molar-refractivity contribution >= 4 is 6.09 Å². The molecule has 0 unspecified atom stereocenters. The predicted octanol–water partition coefficient (Wildman–Crippen LogP) is 0.668. The molecule has 1 aliphatic rings. The van der Waals surface area contributed by atoms with Crippen LogP contribution in [-0.2, 0) is 6.54 Å². The van der Waals surface area contributed by atoms with Crippen molar-refractivity contribution < 1.29 is 9.90 Å². The number of carbonyl (C=O) groups is 1. The maximum Gasteiger partial charge on any atom is 0.407 e. The minimum absolute atomic E-state index is 0.516. The minimum atomic E-state index is -0.811. The Balaban J connectivity index is 1.81. The highest BCUT2D eigenvalue weighted by Crippen LogP contribution is 2.18. The number of aromatic nitrogens is 3. The second-order valence-corrected chi connectivity index (χ2v) is 3.84. The Bertz CT molecular complexity index is 317. The van der Waals surface area contributed by atoms with Gasteiger partial charge < -0.3 is 10.0 Å². The van der Waals surface area contributed by atoms with Gasteiger partial charge >= 0.3 is 6.09 Å². The first-order valence-electron chi connectivity index (χ1n) is 5.07. The number of rotatable bonds is 2. The molecule has 0 bridgehead atoms. The van der Waals surface area contributed by atoms with Gasteiger partial charge in [0.1, 0.15) is 0 Å². The molecule has 6 heteroatoms. The summed E-state index contributed by atoms with van der Waals surface area (Å²) in [6, 6.07) is 0. The molecule has 1 aromatic rings. The Morgan fingerprint density at radius 3 is 2.73 bits per heavy atom. The van der Waals surface area contributed by atoms with E-state index in [9.17, 15) is 4.79 Å². The van der Waals surface area contributed by atoms with E-state index in [4.69, 9.17) is 5.11 Å². The zero-order valence-electron chi connectivity index (χ0n) is 8.41. The van der Waals surface area contributed by atoms with E-state index in [0.29, 0.717) is 19.0 Å². The van der Waals surface area contributed by atoms with Gasteiger partial charge in [0, 0.05) is 25.8 Å². The highest BCUT2D eigenvalue weighted by Gasteiger charge is 2.22. The summed E-state index contributed by atoms with van der Waals surface area (Å²) in [5.41, 5.74) is 0. The van der Waals surface area contributed by atoms with Gasteiger partial charge in [-0.1, -0.05) is 5.21 Å². The molecule has 1 saturated heterocycles. The van der Waals surface area contributed by atoms with E-state index in [2.05, 4.69) is 10.3 Å². The Hall–Kier alpha value is -1.59. The van der Waals surface area contributed by atoms with Gasteiger partial charge in [0.15, 0.2) is 0 Å². The van der Waals surface area contributed by atoms with Crippen LogP contribution in [0.4, 0.5) is 4.79 Å². The van der Waals surface area contributed by atoms with Crippen molar-refractivity contribution in [2.75, 3.05) is 13.1 Å². The van der Waals surface area contributed by atoms with Crippen molar-refractivity contribution in [1.29, 1.82) is 0 Å². The fourth-order valence-corrected chi connectivity index (χ4v) is 1.90. The first-order valence-corrected chi connectivity index (χ1v) is 5.07. The molecular weight excluding hydrogens is 196 g/mol. The second kappa shape index (κ2) is 4.29. The Labute approximate surface area is 87.5 Å². The van der Waals surface area contributed by atoms with Crippen LogP contribution in [0.15, 0.2) is 12.4 Å². The van der Waals surface area contributed by atoms with Gasteiger partial charge in [0.25, 0.3) is 0 Å². The third kappa shape index (κ3) is 2.45. The highest BCUT2D eigenvalue weighted by molar-refractivity contribution is 5.64. The molecule has 0 spiro atoms. The zero-order chi connectivity index (χ0) is 10.7. The molecule has 1 aliphatic heterocycles. The quantitative estimate of drug-likeness (QED) is 0.778. The lowest BCUT2D eigenvalue weighted by Crippen LogP contribution is -2.38.